The molecule has 10 aromatic carbocycles. The number of benzene rings is 10. The number of furan rings is 1. The Kier molecular flexibility index (Phi) is 6.02. The summed E-state index contributed by atoms with van der Waals surface area (Å²) in [6.45, 7) is 0. The van der Waals surface area contributed by atoms with Gasteiger partial charge >= 0.3 is 0 Å². The van der Waals surface area contributed by atoms with Crippen molar-refractivity contribution in [2.45, 2.75) is 0 Å². The van der Waals surface area contributed by atoms with Gasteiger partial charge in [0.15, 0.2) is 0 Å². The predicted octanol–water partition coefficient (Wildman–Crippen LogP) is 14.4. The lowest BCUT2D eigenvalue weighted by Gasteiger charge is -2.18. The maximum Gasteiger partial charge on any atom is 0.136 e. The van der Waals surface area contributed by atoms with Gasteiger partial charge in [-0.05, 0) is 124 Å². The highest BCUT2D eigenvalue weighted by Crippen LogP contribution is 2.46. The smallest absolute Gasteiger partial charge is 0.136 e. The van der Waals surface area contributed by atoms with Crippen molar-refractivity contribution < 1.29 is 4.42 Å². The van der Waals surface area contributed by atoms with E-state index in [-0.39, 0.29) is 0 Å². The van der Waals surface area contributed by atoms with Crippen molar-refractivity contribution in [3.63, 3.8) is 0 Å². The molecule has 0 saturated heterocycles. The quantitative estimate of drug-likeness (QED) is 0.138. The SMILES string of the molecule is c1cc(-c2c3ccccc3c(-c3ccc4oc5cc6ccccc6cc5c4c3)c3ccccc23)cc(-c2cc3ccccc3c3ccccc23)c1. The van der Waals surface area contributed by atoms with Gasteiger partial charge in [0.25, 0.3) is 0 Å². The predicted molar refractivity (Wildman–Crippen MR) is 218 cm³/mol. The lowest BCUT2D eigenvalue weighted by Crippen LogP contribution is -1.91. The van der Waals surface area contributed by atoms with E-state index >= 15 is 0 Å². The van der Waals surface area contributed by atoms with Crippen LogP contribution in [0.3, 0.4) is 0 Å². The van der Waals surface area contributed by atoms with Crippen LogP contribution in [0.5, 0.6) is 0 Å². The van der Waals surface area contributed by atoms with Crippen LogP contribution in [0.1, 0.15) is 0 Å². The molecule has 0 spiro atoms. The molecule has 236 valence electrons. The Morgan fingerprint density at radius 3 is 1.45 bits per heavy atom. The van der Waals surface area contributed by atoms with Crippen molar-refractivity contribution >= 4 is 75.8 Å². The minimum atomic E-state index is 0.910. The van der Waals surface area contributed by atoms with E-state index < -0.39 is 0 Å². The Morgan fingerprint density at radius 1 is 0.255 bits per heavy atom. The van der Waals surface area contributed by atoms with E-state index in [1.807, 2.05) is 0 Å². The fraction of sp³-hybridized carbons (Fsp3) is 0. The van der Waals surface area contributed by atoms with Crippen molar-refractivity contribution in [2.75, 3.05) is 0 Å². The molecule has 0 aliphatic rings. The minimum absolute atomic E-state index is 0.910. The van der Waals surface area contributed by atoms with E-state index in [2.05, 4.69) is 182 Å². The summed E-state index contributed by atoms with van der Waals surface area (Å²) in [4.78, 5) is 0. The summed E-state index contributed by atoms with van der Waals surface area (Å²) in [6.07, 6.45) is 0. The molecule has 0 atom stereocenters. The first-order valence-electron chi connectivity index (χ1n) is 17.6. The molecule has 0 N–H and O–H groups in total. The van der Waals surface area contributed by atoms with Crippen LogP contribution >= 0.6 is 0 Å². The first-order valence-corrected chi connectivity index (χ1v) is 17.6. The summed E-state index contributed by atoms with van der Waals surface area (Å²) < 4.78 is 6.40. The fourth-order valence-corrected chi connectivity index (χ4v) is 8.50. The largest absolute Gasteiger partial charge is 0.456 e. The van der Waals surface area contributed by atoms with Crippen molar-refractivity contribution in [1.82, 2.24) is 0 Å². The molecule has 0 aliphatic heterocycles. The van der Waals surface area contributed by atoms with Crippen LogP contribution in [0.15, 0.2) is 186 Å². The first-order chi connectivity index (χ1) is 25.3. The third-order valence-electron chi connectivity index (χ3n) is 10.8. The third-order valence-corrected chi connectivity index (χ3v) is 10.8. The molecule has 1 heteroatoms. The van der Waals surface area contributed by atoms with Crippen LogP contribution in [0.2, 0.25) is 0 Å². The van der Waals surface area contributed by atoms with Gasteiger partial charge in [-0.1, -0.05) is 146 Å². The van der Waals surface area contributed by atoms with Crippen LogP contribution < -0.4 is 0 Å². The van der Waals surface area contributed by atoms with Crippen molar-refractivity contribution in [2.24, 2.45) is 0 Å². The molecular formula is C50H30O. The summed E-state index contributed by atoms with van der Waals surface area (Å²) in [5, 5.41) is 14.8. The highest BCUT2D eigenvalue weighted by molar-refractivity contribution is 6.23. The van der Waals surface area contributed by atoms with Crippen LogP contribution in [-0.2, 0) is 0 Å². The average Bonchev–Trinajstić information content (AvgIpc) is 3.55. The monoisotopic (exact) mass is 646 g/mol. The summed E-state index contributed by atoms with van der Waals surface area (Å²) in [7, 11) is 0. The van der Waals surface area contributed by atoms with E-state index in [1.165, 1.54) is 87.2 Å². The standard InChI is InChI=1S/C50H30O/c1-2-13-32-30-48-46(27-31(32)12-1)45-29-36(24-25-47(45)51-48)50-42-22-9-7-20-40(42)49(41-21-8-10-23-43(41)50)35-16-11-15-33(26-35)44-28-34-14-3-4-17-37(34)38-18-5-6-19-39(38)44/h1-30H. The summed E-state index contributed by atoms with van der Waals surface area (Å²) in [5.74, 6) is 0. The second-order valence-electron chi connectivity index (χ2n) is 13.6. The summed E-state index contributed by atoms with van der Waals surface area (Å²) >= 11 is 0. The van der Waals surface area contributed by atoms with E-state index in [4.69, 9.17) is 4.42 Å². The van der Waals surface area contributed by atoms with Crippen molar-refractivity contribution in [3.05, 3.63) is 182 Å². The zero-order chi connectivity index (χ0) is 33.5. The summed E-state index contributed by atoms with van der Waals surface area (Å²) in [6, 6.07) is 66.4. The van der Waals surface area contributed by atoms with E-state index in [0.29, 0.717) is 0 Å². The van der Waals surface area contributed by atoms with Gasteiger partial charge in [-0.25, -0.2) is 0 Å². The van der Waals surface area contributed by atoms with Gasteiger partial charge in [-0.3, -0.25) is 0 Å². The van der Waals surface area contributed by atoms with Crippen LogP contribution in [0, 0.1) is 0 Å². The number of hydrogen-bond acceptors (Lipinski definition) is 1. The van der Waals surface area contributed by atoms with E-state index in [1.54, 1.807) is 0 Å². The van der Waals surface area contributed by atoms with Crippen LogP contribution in [0.25, 0.3) is 109 Å². The highest BCUT2D eigenvalue weighted by Gasteiger charge is 2.19. The lowest BCUT2D eigenvalue weighted by molar-refractivity contribution is 0.669. The lowest BCUT2D eigenvalue weighted by atomic mass is 9.85. The second kappa shape index (κ2) is 10.9. The molecule has 1 heterocycles. The van der Waals surface area contributed by atoms with Gasteiger partial charge in [0.2, 0.25) is 0 Å². The molecule has 0 fully saturated rings. The van der Waals surface area contributed by atoms with Gasteiger partial charge in [0, 0.05) is 10.8 Å². The zero-order valence-corrected chi connectivity index (χ0v) is 27.7. The minimum Gasteiger partial charge on any atom is -0.456 e. The van der Waals surface area contributed by atoms with Gasteiger partial charge in [-0.2, -0.15) is 0 Å². The van der Waals surface area contributed by atoms with Crippen LogP contribution in [-0.4, -0.2) is 0 Å². The average molecular weight is 647 g/mol. The van der Waals surface area contributed by atoms with Gasteiger partial charge < -0.3 is 4.42 Å². The van der Waals surface area contributed by atoms with E-state index in [0.717, 1.165) is 21.9 Å². The molecule has 0 bridgehead atoms. The Morgan fingerprint density at radius 2 is 0.765 bits per heavy atom. The molecule has 0 saturated carbocycles. The molecule has 1 aromatic heterocycles. The zero-order valence-electron chi connectivity index (χ0n) is 27.7. The second-order valence-corrected chi connectivity index (χ2v) is 13.6. The summed E-state index contributed by atoms with van der Waals surface area (Å²) in [5.41, 5.74) is 9.22. The van der Waals surface area contributed by atoms with E-state index in [9.17, 15) is 0 Å². The first kappa shape index (κ1) is 28.2. The van der Waals surface area contributed by atoms with Crippen LogP contribution in [0.4, 0.5) is 0 Å². The van der Waals surface area contributed by atoms with Crippen molar-refractivity contribution in [3.8, 4) is 33.4 Å². The molecular weight excluding hydrogens is 617 g/mol. The highest BCUT2D eigenvalue weighted by atomic mass is 16.3. The Balaban J connectivity index is 1.16. The Labute approximate surface area is 294 Å². The van der Waals surface area contributed by atoms with Gasteiger partial charge in [0.05, 0.1) is 0 Å². The number of hydrogen-bond donors (Lipinski definition) is 0. The van der Waals surface area contributed by atoms with Gasteiger partial charge in [-0.15, -0.1) is 0 Å². The number of fused-ring (bicyclic) bond motifs is 9. The van der Waals surface area contributed by atoms with Crippen molar-refractivity contribution in [1.29, 1.82) is 0 Å². The molecule has 0 radical (unpaired) electrons. The fourth-order valence-electron chi connectivity index (χ4n) is 8.50. The molecule has 0 aliphatic carbocycles. The molecule has 1 nitrogen and oxygen atoms in total. The topological polar surface area (TPSA) is 13.1 Å². The maximum atomic E-state index is 6.40. The van der Waals surface area contributed by atoms with Gasteiger partial charge in [0.1, 0.15) is 11.2 Å². The third kappa shape index (κ3) is 4.28. The molecule has 0 amide bonds. The number of rotatable bonds is 3. The normalized spacial score (nSPS) is 11.9. The molecule has 11 aromatic rings. The Hall–Kier alpha value is -6.70. The maximum absolute atomic E-state index is 6.40. The molecule has 11 rings (SSSR count). The molecule has 0 unspecified atom stereocenters. The Bertz CT molecular complexity index is 3140. The molecule has 51 heavy (non-hydrogen) atoms.